The first-order chi connectivity index (χ1) is 11.5. The van der Waals surface area contributed by atoms with E-state index in [0.29, 0.717) is 18.6 Å². The summed E-state index contributed by atoms with van der Waals surface area (Å²) in [4.78, 5) is 25.1. The number of rotatable bonds is 10. The molecule has 1 rings (SSSR count). The molecule has 24 heavy (non-hydrogen) atoms. The Kier molecular flexibility index (Phi) is 8.68. The molecule has 1 aromatic rings. The minimum atomic E-state index is -1.06. The number of nitrogens with zero attached hydrogens (tertiary/aromatic N) is 1. The van der Waals surface area contributed by atoms with Gasteiger partial charge in [-0.25, -0.2) is 9.59 Å². The van der Waals surface area contributed by atoms with E-state index in [-0.39, 0.29) is 0 Å². The van der Waals surface area contributed by atoms with Crippen LogP contribution in [0.4, 0.5) is 10.5 Å². The zero-order valence-electron chi connectivity index (χ0n) is 14.7. The van der Waals surface area contributed by atoms with Crippen molar-refractivity contribution in [1.29, 1.82) is 0 Å². The molecular formula is C18H28N2O4. The van der Waals surface area contributed by atoms with E-state index in [0.717, 1.165) is 31.6 Å². The van der Waals surface area contributed by atoms with Crippen molar-refractivity contribution in [2.75, 3.05) is 18.0 Å². The van der Waals surface area contributed by atoms with E-state index < -0.39 is 18.1 Å². The van der Waals surface area contributed by atoms with E-state index >= 15 is 0 Å². The van der Waals surface area contributed by atoms with E-state index in [2.05, 4.69) is 24.1 Å². The average Bonchev–Trinajstić information content (AvgIpc) is 2.55. The number of carboxylic acids is 1. The first-order valence-electron chi connectivity index (χ1n) is 8.57. The topological polar surface area (TPSA) is 78.9 Å². The number of nitrogens with one attached hydrogen (secondary N) is 1. The smallest absolute Gasteiger partial charge is 0.413 e. The van der Waals surface area contributed by atoms with Gasteiger partial charge in [0.2, 0.25) is 0 Å². The number of carboxylic acid groups (broad SMARTS) is 1. The summed E-state index contributed by atoms with van der Waals surface area (Å²) in [5.74, 6) is -0.663. The lowest BCUT2D eigenvalue weighted by Crippen LogP contribution is -2.42. The van der Waals surface area contributed by atoms with Gasteiger partial charge in [0.15, 0.2) is 0 Å². The molecule has 0 aliphatic heterocycles. The molecule has 0 aliphatic rings. The summed E-state index contributed by atoms with van der Waals surface area (Å²) in [6.45, 7) is 8.09. The molecule has 6 nitrogen and oxygen atoms in total. The molecule has 1 unspecified atom stereocenters. The van der Waals surface area contributed by atoms with Crippen LogP contribution in [0.5, 0.6) is 5.75 Å². The molecule has 0 heterocycles. The molecule has 1 atom stereocenters. The lowest BCUT2D eigenvalue weighted by atomic mass is 10.2. The quantitative estimate of drug-likeness (QED) is 0.682. The van der Waals surface area contributed by atoms with Gasteiger partial charge in [0, 0.05) is 18.8 Å². The summed E-state index contributed by atoms with van der Waals surface area (Å²) < 4.78 is 5.16. The van der Waals surface area contributed by atoms with E-state index in [4.69, 9.17) is 9.84 Å². The first-order valence-corrected chi connectivity index (χ1v) is 8.57. The predicted molar refractivity (Wildman–Crippen MR) is 94.7 cm³/mol. The molecule has 0 spiro atoms. The van der Waals surface area contributed by atoms with Crippen molar-refractivity contribution in [3.63, 3.8) is 0 Å². The summed E-state index contributed by atoms with van der Waals surface area (Å²) in [5, 5.41) is 11.4. The Bertz CT molecular complexity index is 510. The molecule has 134 valence electrons. The number of hydrogen-bond donors (Lipinski definition) is 2. The van der Waals surface area contributed by atoms with Gasteiger partial charge in [-0.15, -0.1) is 0 Å². The molecule has 0 radical (unpaired) electrons. The Morgan fingerprint density at radius 3 is 2.12 bits per heavy atom. The second-order valence-electron chi connectivity index (χ2n) is 5.69. The van der Waals surface area contributed by atoms with Crippen molar-refractivity contribution >= 4 is 17.7 Å². The fourth-order valence-electron chi connectivity index (χ4n) is 2.46. The minimum absolute atomic E-state index is 0.367. The number of carbonyl (C=O) groups excluding carboxylic acids is 1. The van der Waals surface area contributed by atoms with Crippen LogP contribution >= 0.6 is 0 Å². The monoisotopic (exact) mass is 336 g/mol. The summed E-state index contributed by atoms with van der Waals surface area (Å²) in [6.07, 6.45) is 2.41. The van der Waals surface area contributed by atoms with Gasteiger partial charge in [-0.05, 0) is 43.5 Å². The van der Waals surface area contributed by atoms with Crippen LogP contribution in [0.1, 0.15) is 46.5 Å². The highest BCUT2D eigenvalue weighted by atomic mass is 16.6. The summed E-state index contributed by atoms with van der Waals surface area (Å²) in [5.41, 5.74) is 1.08. The summed E-state index contributed by atoms with van der Waals surface area (Å²) in [7, 11) is 0. The number of ether oxygens (including phenoxy) is 1. The molecule has 0 saturated heterocycles. The summed E-state index contributed by atoms with van der Waals surface area (Å²) >= 11 is 0. The standard InChI is InChI=1S/C18H28N2O4/c1-4-7-16(17(21)22)19-18(23)24-15-10-8-14(9-11-15)20(12-5-2)13-6-3/h8-11,16H,4-7,12-13H2,1-3H3,(H,19,23)(H,21,22). The molecular weight excluding hydrogens is 308 g/mol. The van der Waals surface area contributed by atoms with E-state index in [1.807, 2.05) is 19.1 Å². The lowest BCUT2D eigenvalue weighted by Gasteiger charge is -2.23. The van der Waals surface area contributed by atoms with Crippen LogP contribution in [-0.2, 0) is 4.79 Å². The van der Waals surface area contributed by atoms with Gasteiger partial charge in [-0.2, -0.15) is 0 Å². The predicted octanol–water partition coefficient (Wildman–Crippen LogP) is 3.65. The van der Waals surface area contributed by atoms with Crippen LogP contribution < -0.4 is 15.0 Å². The molecule has 0 aliphatic carbocycles. The van der Waals surface area contributed by atoms with E-state index in [9.17, 15) is 9.59 Å². The number of hydrogen-bond acceptors (Lipinski definition) is 4. The highest BCUT2D eigenvalue weighted by molar-refractivity contribution is 5.80. The van der Waals surface area contributed by atoms with Crippen LogP contribution in [0.15, 0.2) is 24.3 Å². The lowest BCUT2D eigenvalue weighted by molar-refractivity contribution is -0.139. The van der Waals surface area contributed by atoms with Gasteiger partial charge in [0.25, 0.3) is 0 Å². The van der Waals surface area contributed by atoms with Gasteiger partial charge in [-0.1, -0.05) is 27.2 Å². The van der Waals surface area contributed by atoms with Crippen LogP contribution in [0, 0.1) is 0 Å². The Hall–Kier alpha value is -2.24. The maximum Gasteiger partial charge on any atom is 0.413 e. The number of amides is 1. The minimum Gasteiger partial charge on any atom is -0.480 e. The number of carbonyl (C=O) groups is 2. The molecule has 0 aromatic heterocycles. The van der Waals surface area contributed by atoms with Crippen LogP contribution in [0.2, 0.25) is 0 Å². The molecule has 0 saturated carbocycles. The molecule has 0 bridgehead atoms. The van der Waals surface area contributed by atoms with Gasteiger partial charge in [-0.3, -0.25) is 0 Å². The maximum absolute atomic E-state index is 11.8. The third kappa shape index (κ3) is 6.48. The third-order valence-corrected chi connectivity index (χ3v) is 3.57. The van der Waals surface area contributed by atoms with Crippen LogP contribution in [-0.4, -0.2) is 36.3 Å². The van der Waals surface area contributed by atoms with E-state index in [1.165, 1.54) is 0 Å². The molecule has 1 aromatic carbocycles. The number of aliphatic carboxylic acids is 1. The second-order valence-corrected chi connectivity index (χ2v) is 5.69. The first kappa shape index (κ1) is 19.8. The summed E-state index contributed by atoms with van der Waals surface area (Å²) in [6, 6.07) is 6.35. The normalized spacial score (nSPS) is 11.6. The van der Waals surface area contributed by atoms with Crippen molar-refractivity contribution < 1.29 is 19.4 Å². The maximum atomic E-state index is 11.8. The molecule has 2 N–H and O–H groups in total. The van der Waals surface area contributed by atoms with Crippen molar-refractivity contribution in [3.05, 3.63) is 24.3 Å². The number of anilines is 1. The molecule has 6 heteroatoms. The Balaban J connectivity index is 2.65. The largest absolute Gasteiger partial charge is 0.480 e. The van der Waals surface area contributed by atoms with Gasteiger partial charge >= 0.3 is 12.1 Å². The fraction of sp³-hybridized carbons (Fsp3) is 0.556. The highest BCUT2D eigenvalue weighted by Gasteiger charge is 2.19. The highest BCUT2D eigenvalue weighted by Crippen LogP contribution is 2.20. The second kappa shape index (κ2) is 10.5. The van der Waals surface area contributed by atoms with Crippen LogP contribution in [0.3, 0.4) is 0 Å². The van der Waals surface area contributed by atoms with Gasteiger partial charge < -0.3 is 20.1 Å². The van der Waals surface area contributed by atoms with Crippen LogP contribution in [0.25, 0.3) is 0 Å². The van der Waals surface area contributed by atoms with Crippen molar-refractivity contribution in [3.8, 4) is 5.75 Å². The Labute approximate surface area is 143 Å². The Morgan fingerprint density at radius 1 is 1.08 bits per heavy atom. The van der Waals surface area contributed by atoms with Gasteiger partial charge in [0.05, 0.1) is 0 Å². The average molecular weight is 336 g/mol. The van der Waals surface area contributed by atoms with Crippen molar-refractivity contribution in [2.24, 2.45) is 0 Å². The molecule has 1 amide bonds. The zero-order valence-corrected chi connectivity index (χ0v) is 14.7. The third-order valence-electron chi connectivity index (χ3n) is 3.57. The molecule has 0 fully saturated rings. The van der Waals surface area contributed by atoms with Gasteiger partial charge in [0.1, 0.15) is 11.8 Å². The zero-order chi connectivity index (χ0) is 17.9. The fourth-order valence-corrected chi connectivity index (χ4v) is 2.46. The number of benzene rings is 1. The Morgan fingerprint density at radius 2 is 1.67 bits per heavy atom. The van der Waals surface area contributed by atoms with E-state index in [1.54, 1.807) is 12.1 Å². The van der Waals surface area contributed by atoms with Crippen molar-refractivity contribution in [2.45, 2.75) is 52.5 Å². The van der Waals surface area contributed by atoms with Crippen molar-refractivity contribution in [1.82, 2.24) is 5.32 Å². The SMILES string of the molecule is CCCC(NC(=O)Oc1ccc(N(CCC)CCC)cc1)C(=O)O.